The third-order valence-electron chi connectivity index (χ3n) is 1.82. The minimum Gasteiger partial charge on any atom is -0.463 e. The molecule has 0 spiro atoms. The fourth-order valence-electron chi connectivity index (χ4n) is 1.02. The number of aromatic nitrogens is 2. The van der Waals surface area contributed by atoms with Gasteiger partial charge in [-0.1, -0.05) is 12.2 Å². The van der Waals surface area contributed by atoms with Gasteiger partial charge in [-0.25, -0.2) is 14.8 Å². The Balaban J connectivity index is 2.56. The number of amides is 1. The Morgan fingerprint density at radius 1 is 1.41 bits per heavy atom. The summed E-state index contributed by atoms with van der Waals surface area (Å²) in [5.41, 5.74) is 0.739. The van der Waals surface area contributed by atoms with E-state index in [1.54, 1.807) is 12.2 Å². The summed E-state index contributed by atoms with van der Waals surface area (Å²) in [6.07, 6.45) is 6.52. The normalized spacial score (nSPS) is 10.2. The predicted octanol–water partition coefficient (Wildman–Crippen LogP) is 0.413. The van der Waals surface area contributed by atoms with Gasteiger partial charge in [0.2, 0.25) is 11.7 Å². The van der Waals surface area contributed by atoms with Gasteiger partial charge in [0, 0.05) is 31.4 Å². The highest BCUT2D eigenvalue weighted by Crippen LogP contribution is 1.99. The summed E-state index contributed by atoms with van der Waals surface area (Å²) in [6.45, 7) is 1.89. The molecule has 0 bridgehead atoms. The average molecular weight is 235 g/mol. The number of ether oxygens (including phenoxy) is 1. The van der Waals surface area contributed by atoms with E-state index in [1.807, 2.05) is 0 Å². The van der Waals surface area contributed by atoms with Gasteiger partial charge in [0.15, 0.2) is 0 Å². The van der Waals surface area contributed by atoms with Crippen molar-refractivity contribution in [2.75, 3.05) is 13.7 Å². The molecule has 0 aliphatic rings. The van der Waals surface area contributed by atoms with Crippen molar-refractivity contribution in [3.05, 3.63) is 29.9 Å². The topological polar surface area (TPSA) is 81.2 Å². The molecule has 90 valence electrons. The maximum atomic E-state index is 11.0. The van der Waals surface area contributed by atoms with Gasteiger partial charge < -0.3 is 10.1 Å². The Morgan fingerprint density at radius 2 is 2.06 bits per heavy atom. The van der Waals surface area contributed by atoms with E-state index < -0.39 is 5.97 Å². The van der Waals surface area contributed by atoms with E-state index >= 15 is 0 Å². The number of hydrogen-bond acceptors (Lipinski definition) is 5. The highest BCUT2D eigenvalue weighted by atomic mass is 16.5. The van der Waals surface area contributed by atoms with Crippen LogP contribution in [0.2, 0.25) is 0 Å². The van der Waals surface area contributed by atoms with Crippen LogP contribution in [0.5, 0.6) is 0 Å². The van der Waals surface area contributed by atoms with E-state index in [1.165, 1.54) is 26.4 Å². The van der Waals surface area contributed by atoms with Gasteiger partial charge in [0.05, 0.1) is 7.11 Å². The maximum Gasteiger partial charge on any atom is 0.376 e. The summed E-state index contributed by atoms with van der Waals surface area (Å²) in [7, 11) is 1.27. The van der Waals surface area contributed by atoms with E-state index in [2.05, 4.69) is 20.0 Å². The summed E-state index contributed by atoms with van der Waals surface area (Å²) in [5, 5.41) is 2.61. The smallest absolute Gasteiger partial charge is 0.376 e. The van der Waals surface area contributed by atoms with Crippen LogP contribution >= 0.6 is 0 Å². The Morgan fingerprint density at radius 3 is 2.59 bits per heavy atom. The van der Waals surface area contributed by atoms with Gasteiger partial charge in [-0.2, -0.15) is 0 Å². The van der Waals surface area contributed by atoms with Crippen molar-refractivity contribution in [1.82, 2.24) is 15.3 Å². The van der Waals surface area contributed by atoms with Crippen molar-refractivity contribution in [1.29, 1.82) is 0 Å². The van der Waals surface area contributed by atoms with E-state index in [9.17, 15) is 9.59 Å². The van der Waals surface area contributed by atoms with Crippen LogP contribution in [-0.4, -0.2) is 35.5 Å². The fourth-order valence-corrected chi connectivity index (χ4v) is 1.02. The van der Waals surface area contributed by atoms with Crippen molar-refractivity contribution in [3.8, 4) is 0 Å². The van der Waals surface area contributed by atoms with Crippen molar-refractivity contribution >= 4 is 18.0 Å². The molecule has 0 fully saturated rings. The molecule has 1 rings (SSSR count). The third-order valence-corrected chi connectivity index (χ3v) is 1.82. The lowest BCUT2D eigenvalue weighted by atomic mass is 10.3. The van der Waals surface area contributed by atoms with Gasteiger partial charge in [-0.15, -0.1) is 0 Å². The minimum absolute atomic E-state index is 0.0199. The minimum atomic E-state index is -0.571. The first-order valence-corrected chi connectivity index (χ1v) is 4.95. The molecule has 17 heavy (non-hydrogen) atoms. The highest BCUT2D eigenvalue weighted by Gasteiger charge is 2.07. The summed E-state index contributed by atoms with van der Waals surface area (Å²) >= 11 is 0. The van der Waals surface area contributed by atoms with E-state index in [0.29, 0.717) is 6.54 Å². The van der Waals surface area contributed by atoms with E-state index in [4.69, 9.17) is 0 Å². The zero-order chi connectivity index (χ0) is 12.7. The number of carbonyl (C=O) groups excluding carboxylic acids is 2. The number of nitrogens with one attached hydrogen (secondary N) is 1. The van der Waals surface area contributed by atoms with Crippen molar-refractivity contribution in [2.45, 2.75) is 6.92 Å². The van der Waals surface area contributed by atoms with E-state index in [-0.39, 0.29) is 11.7 Å². The molecule has 1 heterocycles. The average Bonchev–Trinajstić information content (AvgIpc) is 2.34. The standard InChI is InChI=1S/C11H13N3O3/c1-8(15)12-5-3-4-9-6-13-10(14-7-9)11(16)17-2/h3-4,6-7H,5H2,1-2H3,(H,12,15). The maximum absolute atomic E-state index is 11.0. The molecule has 6 heteroatoms. The van der Waals surface area contributed by atoms with Gasteiger partial charge in [0.25, 0.3) is 0 Å². The molecule has 1 aromatic rings. The second kappa shape index (κ2) is 6.37. The van der Waals surface area contributed by atoms with Crippen LogP contribution in [0, 0.1) is 0 Å². The van der Waals surface area contributed by atoms with Crippen LogP contribution < -0.4 is 5.32 Å². The van der Waals surface area contributed by atoms with Gasteiger partial charge in [0.1, 0.15) is 0 Å². The lowest BCUT2D eigenvalue weighted by Gasteiger charge is -1.98. The predicted molar refractivity (Wildman–Crippen MR) is 61.1 cm³/mol. The Hall–Kier alpha value is -2.24. The molecule has 1 aromatic heterocycles. The van der Waals surface area contributed by atoms with Gasteiger partial charge in [-0.05, 0) is 0 Å². The second-order valence-corrected chi connectivity index (χ2v) is 3.17. The molecule has 0 aliphatic carbocycles. The molecule has 0 radical (unpaired) electrons. The molecule has 0 atom stereocenters. The van der Waals surface area contributed by atoms with Crippen molar-refractivity contribution < 1.29 is 14.3 Å². The molecule has 0 aliphatic heterocycles. The molecule has 6 nitrogen and oxygen atoms in total. The zero-order valence-corrected chi connectivity index (χ0v) is 9.64. The number of hydrogen-bond donors (Lipinski definition) is 1. The third kappa shape index (κ3) is 4.42. The summed E-state index contributed by atoms with van der Waals surface area (Å²) in [6, 6.07) is 0. The van der Waals surface area contributed by atoms with Crippen LogP contribution in [0.4, 0.5) is 0 Å². The molecule has 0 aromatic carbocycles. The zero-order valence-electron chi connectivity index (χ0n) is 9.64. The number of carbonyl (C=O) groups is 2. The van der Waals surface area contributed by atoms with Gasteiger partial charge >= 0.3 is 5.97 Å². The summed E-state index contributed by atoms with van der Waals surface area (Å²) < 4.78 is 4.47. The number of methoxy groups -OCH3 is 1. The monoisotopic (exact) mass is 235 g/mol. The number of rotatable bonds is 4. The number of nitrogens with zero attached hydrogens (tertiary/aromatic N) is 2. The molecule has 0 saturated heterocycles. The molecule has 0 unspecified atom stereocenters. The van der Waals surface area contributed by atoms with E-state index in [0.717, 1.165) is 5.56 Å². The Labute approximate surface area is 98.7 Å². The van der Waals surface area contributed by atoms with Crippen LogP contribution in [-0.2, 0) is 9.53 Å². The molecular formula is C11H13N3O3. The summed E-state index contributed by atoms with van der Waals surface area (Å²) in [5.74, 6) is -0.641. The fraction of sp³-hybridized carbons (Fsp3) is 0.273. The lowest BCUT2D eigenvalue weighted by Crippen LogP contribution is -2.19. The van der Waals surface area contributed by atoms with Crippen LogP contribution in [0.3, 0.4) is 0 Å². The Kier molecular flexibility index (Phi) is 4.80. The first-order chi connectivity index (χ1) is 8.13. The quantitative estimate of drug-likeness (QED) is 0.764. The second-order valence-electron chi connectivity index (χ2n) is 3.17. The lowest BCUT2D eigenvalue weighted by molar-refractivity contribution is -0.118. The van der Waals surface area contributed by atoms with Gasteiger partial charge in [-0.3, -0.25) is 4.79 Å². The Bertz CT molecular complexity index is 426. The number of esters is 1. The molecule has 1 amide bonds. The molecule has 0 saturated carbocycles. The largest absolute Gasteiger partial charge is 0.463 e. The molecular weight excluding hydrogens is 222 g/mol. The van der Waals surface area contributed by atoms with Crippen LogP contribution in [0.25, 0.3) is 6.08 Å². The summed E-state index contributed by atoms with van der Waals surface area (Å²) in [4.78, 5) is 29.3. The first kappa shape index (κ1) is 12.8. The van der Waals surface area contributed by atoms with Crippen molar-refractivity contribution in [2.24, 2.45) is 0 Å². The van der Waals surface area contributed by atoms with Crippen LogP contribution in [0.15, 0.2) is 18.5 Å². The molecule has 1 N–H and O–H groups in total. The SMILES string of the molecule is COC(=O)c1ncc(C=CCNC(C)=O)cn1. The first-order valence-electron chi connectivity index (χ1n) is 4.95. The van der Waals surface area contributed by atoms with Crippen molar-refractivity contribution in [3.63, 3.8) is 0 Å². The van der Waals surface area contributed by atoms with Crippen LogP contribution in [0.1, 0.15) is 23.1 Å². The highest BCUT2D eigenvalue weighted by molar-refractivity contribution is 5.84.